The van der Waals surface area contributed by atoms with Crippen LogP contribution in [-0.2, 0) is 0 Å². The molecule has 0 heterocycles. The van der Waals surface area contributed by atoms with E-state index < -0.39 is 0 Å². The van der Waals surface area contributed by atoms with E-state index in [9.17, 15) is 0 Å². The Balaban J connectivity index is 3.75. The molecule has 0 nitrogen and oxygen atoms in total. The Labute approximate surface area is 104 Å². The highest BCUT2D eigenvalue weighted by atomic mass is 14.2. The molecule has 0 aliphatic heterocycles. The van der Waals surface area contributed by atoms with Crippen LogP contribution in [0.3, 0.4) is 0 Å². The minimum absolute atomic E-state index is 0.857. The van der Waals surface area contributed by atoms with Gasteiger partial charge in [-0.15, -0.1) is 0 Å². The lowest BCUT2D eigenvalue weighted by atomic mass is 9.84. The first-order valence-corrected chi connectivity index (χ1v) is 7.31. The standard InChI is InChI=1S/C16H34/c1-12(2)8-14(5)10-16(7)11-15(6)9-13(3)4/h12-16H,8-11H2,1-7H3/t14-,15+,16?. The number of hydrogen-bond acceptors (Lipinski definition) is 0. The van der Waals surface area contributed by atoms with Crippen molar-refractivity contribution in [3.63, 3.8) is 0 Å². The smallest absolute Gasteiger partial charge is 0.0438 e. The van der Waals surface area contributed by atoms with E-state index in [0.29, 0.717) is 0 Å². The lowest BCUT2D eigenvalue weighted by molar-refractivity contribution is 0.294. The second-order valence-corrected chi connectivity index (χ2v) is 7.05. The van der Waals surface area contributed by atoms with Gasteiger partial charge in [0.05, 0.1) is 0 Å². The van der Waals surface area contributed by atoms with Gasteiger partial charge in [0.25, 0.3) is 0 Å². The van der Waals surface area contributed by atoms with E-state index in [-0.39, 0.29) is 0 Å². The van der Waals surface area contributed by atoms with Gasteiger partial charge >= 0.3 is 0 Å². The van der Waals surface area contributed by atoms with Gasteiger partial charge in [0.1, 0.15) is 0 Å². The molecular formula is C16H34. The highest BCUT2D eigenvalue weighted by Gasteiger charge is 2.14. The van der Waals surface area contributed by atoms with Crippen molar-refractivity contribution in [2.24, 2.45) is 29.6 Å². The van der Waals surface area contributed by atoms with Crippen LogP contribution in [0, 0.1) is 29.6 Å². The van der Waals surface area contributed by atoms with Gasteiger partial charge < -0.3 is 0 Å². The molecule has 0 spiro atoms. The molecule has 0 bridgehead atoms. The van der Waals surface area contributed by atoms with Gasteiger partial charge in [-0.1, -0.05) is 48.5 Å². The van der Waals surface area contributed by atoms with Crippen LogP contribution in [0.25, 0.3) is 0 Å². The van der Waals surface area contributed by atoms with Crippen LogP contribution in [0.5, 0.6) is 0 Å². The van der Waals surface area contributed by atoms with E-state index in [1.165, 1.54) is 25.7 Å². The fraction of sp³-hybridized carbons (Fsp3) is 1.00. The summed E-state index contributed by atoms with van der Waals surface area (Å²) in [7, 11) is 0. The molecule has 0 aromatic heterocycles. The van der Waals surface area contributed by atoms with Gasteiger partial charge in [0, 0.05) is 0 Å². The first-order valence-electron chi connectivity index (χ1n) is 7.31. The zero-order chi connectivity index (χ0) is 12.7. The molecule has 0 heteroatoms. The van der Waals surface area contributed by atoms with Crippen LogP contribution in [0.15, 0.2) is 0 Å². The zero-order valence-corrected chi connectivity index (χ0v) is 12.7. The lowest BCUT2D eigenvalue weighted by Crippen LogP contribution is -2.10. The maximum Gasteiger partial charge on any atom is -0.0438 e. The van der Waals surface area contributed by atoms with Gasteiger partial charge in [-0.3, -0.25) is 0 Å². The highest BCUT2D eigenvalue weighted by molar-refractivity contribution is 4.65. The Morgan fingerprint density at radius 1 is 0.438 bits per heavy atom. The largest absolute Gasteiger partial charge is 0.0628 e. The van der Waals surface area contributed by atoms with Gasteiger partial charge in [0.2, 0.25) is 0 Å². The molecule has 0 radical (unpaired) electrons. The molecule has 0 saturated heterocycles. The molecule has 0 aliphatic carbocycles. The van der Waals surface area contributed by atoms with Crippen LogP contribution in [0.2, 0.25) is 0 Å². The third-order valence-electron chi connectivity index (χ3n) is 3.36. The summed E-state index contributed by atoms with van der Waals surface area (Å²) in [6, 6.07) is 0. The quantitative estimate of drug-likeness (QED) is 0.493. The highest BCUT2D eigenvalue weighted by Crippen LogP contribution is 2.26. The zero-order valence-electron chi connectivity index (χ0n) is 12.7. The summed E-state index contributed by atoms with van der Waals surface area (Å²) >= 11 is 0. The number of hydrogen-bond donors (Lipinski definition) is 0. The maximum atomic E-state index is 2.44. The molecule has 0 aromatic carbocycles. The summed E-state index contributed by atoms with van der Waals surface area (Å²) < 4.78 is 0. The van der Waals surface area contributed by atoms with Crippen molar-refractivity contribution in [3.05, 3.63) is 0 Å². The van der Waals surface area contributed by atoms with Gasteiger partial charge in [0.15, 0.2) is 0 Å². The van der Waals surface area contributed by atoms with E-state index in [2.05, 4.69) is 48.5 Å². The maximum absolute atomic E-state index is 2.44. The molecule has 0 fully saturated rings. The molecule has 0 amide bonds. The van der Waals surface area contributed by atoms with Crippen molar-refractivity contribution in [2.75, 3.05) is 0 Å². The minimum atomic E-state index is 0.857. The monoisotopic (exact) mass is 226 g/mol. The molecule has 3 atom stereocenters. The van der Waals surface area contributed by atoms with Crippen molar-refractivity contribution >= 4 is 0 Å². The first kappa shape index (κ1) is 16.0. The van der Waals surface area contributed by atoms with Crippen LogP contribution < -0.4 is 0 Å². The Morgan fingerprint density at radius 2 is 0.688 bits per heavy atom. The second kappa shape index (κ2) is 8.14. The molecule has 0 saturated carbocycles. The van der Waals surface area contributed by atoms with Crippen LogP contribution in [0.4, 0.5) is 0 Å². The van der Waals surface area contributed by atoms with Crippen LogP contribution >= 0.6 is 0 Å². The Kier molecular flexibility index (Phi) is 8.14. The summed E-state index contributed by atoms with van der Waals surface area (Å²) in [6.07, 6.45) is 5.62. The summed E-state index contributed by atoms with van der Waals surface area (Å²) in [6.45, 7) is 16.6. The van der Waals surface area contributed by atoms with Gasteiger partial charge in [-0.05, 0) is 55.3 Å². The topological polar surface area (TPSA) is 0 Å². The Bertz CT molecular complexity index is 139. The fourth-order valence-electron chi connectivity index (χ4n) is 3.27. The average molecular weight is 226 g/mol. The molecule has 0 rings (SSSR count). The lowest BCUT2D eigenvalue weighted by Gasteiger charge is -2.22. The number of rotatable bonds is 8. The van der Waals surface area contributed by atoms with Crippen LogP contribution in [-0.4, -0.2) is 0 Å². The van der Waals surface area contributed by atoms with Crippen molar-refractivity contribution in [2.45, 2.75) is 74.1 Å². The van der Waals surface area contributed by atoms with E-state index in [4.69, 9.17) is 0 Å². The summed E-state index contributed by atoms with van der Waals surface area (Å²) in [5, 5.41) is 0. The van der Waals surface area contributed by atoms with Crippen molar-refractivity contribution in [3.8, 4) is 0 Å². The second-order valence-electron chi connectivity index (χ2n) is 7.05. The summed E-state index contributed by atoms with van der Waals surface area (Å²) in [5.41, 5.74) is 0. The normalized spacial score (nSPS) is 17.8. The van der Waals surface area contributed by atoms with Crippen molar-refractivity contribution in [1.29, 1.82) is 0 Å². The van der Waals surface area contributed by atoms with Gasteiger partial charge in [-0.2, -0.15) is 0 Å². The SMILES string of the molecule is CC(C)C[C@@H](C)CC(C)C[C@@H](C)CC(C)C. The third-order valence-corrected chi connectivity index (χ3v) is 3.36. The van der Waals surface area contributed by atoms with E-state index in [1.54, 1.807) is 0 Å². The molecule has 0 aromatic rings. The molecule has 16 heavy (non-hydrogen) atoms. The molecular weight excluding hydrogens is 192 g/mol. The molecule has 0 N–H and O–H groups in total. The van der Waals surface area contributed by atoms with Crippen molar-refractivity contribution in [1.82, 2.24) is 0 Å². The molecule has 98 valence electrons. The molecule has 1 unspecified atom stereocenters. The predicted molar refractivity (Wildman–Crippen MR) is 75.6 cm³/mol. The summed E-state index contributed by atoms with van der Waals surface area (Å²) in [5.74, 6) is 4.43. The Morgan fingerprint density at radius 3 is 0.938 bits per heavy atom. The van der Waals surface area contributed by atoms with Crippen LogP contribution in [0.1, 0.15) is 74.1 Å². The fourth-order valence-corrected chi connectivity index (χ4v) is 3.27. The van der Waals surface area contributed by atoms with Gasteiger partial charge in [-0.25, -0.2) is 0 Å². The third kappa shape index (κ3) is 9.24. The molecule has 0 aliphatic rings. The van der Waals surface area contributed by atoms with Crippen molar-refractivity contribution < 1.29 is 0 Å². The van der Waals surface area contributed by atoms with E-state index >= 15 is 0 Å². The average Bonchev–Trinajstić information content (AvgIpc) is 1.97. The minimum Gasteiger partial charge on any atom is -0.0628 e. The van der Waals surface area contributed by atoms with E-state index in [0.717, 1.165) is 29.6 Å². The Hall–Kier alpha value is 0. The summed E-state index contributed by atoms with van der Waals surface area (Å²) in [4.78, 5) is 0. The predicted octanol–water partition coefficient (Wildman–Crippen LogP) is 5.77. The van der Waals surface area contributed by atoms with E-state index in [1.807, 2.05) is 0 Å². The first-order chi connectivity index (χ1) is 7.31.